The molecule has 13 atom stereocenters. The Kier molecular flexibility index (Phi) is 15.2. The number of carbonyl (C=O) groups excluding carboxylic acids is 3. The van der Waals surface area contributed by atoms with Crippen LogP contribution < -0.4 is 21.2 Å². The molecule has 8 rings (SSSR count). The van der Waals surface area contributed by atoms with Crippen molar-refractivity contribution in [2.75, 3.05) is 30.2 Å². The molecule has 1 amide bonds. The Hall–Kier alpha value is -6.93. The third-order valence-electron chi connectivity index (χ3n) is 13.7. The number of benzene rings is 2. The Bertz CT molecular complexity index is 2900. The average Bonchev–Trinajstić information content (AvgIpc) is 3.95. The molecule has 1 fully saturated rings. The number of nitrogens with zero attached hydrogens (tertiary/aromatic N) is 5. The van der Waals surface area contributed by atoms with E-state index in [0.29, 0.717) is 0 Å². The number of carbonyl (C=O) groups is 3. The molecule has 4 aliphatic rings. The van der Waals surface area contributed by atoms with Crippen LogP contribution in [0.4, 0.5) is 17.5 Å². The Morgan fingerprint density at radius 1 is 0.972 bits per heavy atom. The summed E-state index contributed by atoms with van der Waals surface area (Å²) in [6, 6.07) is 0. The number of aliphatic hydroxyl groups is 5. The molecule has 24 nitrogen and oxygen atoms in total. The average molecular weight is 1010 g/mol. The van der Waals surface area contributed by atoms with E-state index >= 15 is 0 Å². The number of amides is 1. The summed E-state index contributed by atoms with van der Waals surface area (Å²) in [6.07, 6.45) is -0.801. The number of imidazole rings is 1. The second kappa shape index (κ2) is 20.7. The van der Waals surface area contributed by atoms with Crippen LogP contribution in [0.3, 0.4) is 0 Å². The lowest BCUT2D eigenvalue weighted by Crippen LogP contribution is -2.46. The maximum absolute atomic E-state index is 14.7. The van der Waals surface area contributed by atoms with E-state index < -0.39 is 142 Å². The van der Waals surface area contributed by atoms with E-state index in [2.05, 4.69) is 30.8 Å². The maximum atomic E-state index is 14.7. The Morgan fingerprint density at radius 3 is 2.33 bits per heavy atom. The number of phenols is 3. The van der Waals surface area contributed by atoms with Crippen molar-refractivity contribution in [2.24, 2.45) is 28.8 Å². The monoisotopic (exact) mass is 1000 g/mol. The van der Waals surface area contributed by atoms with Crippen molar-refractivity contribution >= 4 is 63.3 Å². The number of aromatic nitrogens is 4. The van der Waals surface area contributed by atoms with Gasteiger partial charge in [-0.25, -0.2) is 20.4 Å². The van der Waals surface area contributed by atoms with E-state index in [1.165, 1.54) is 57.6 Å². The molecule has 2 aromatic carbocycles. The lowest BCUT2D eigenvalue weighted by atomic mass is 9.78. The van der Waals surface area contributed by atoms with Crippen LogP contribution in [0.2, 0.25) is 0 Å². The van der Waals surface area contributed by atoms with E-state index in [4.69, 9.17) is 29.4 Å². The number of hydrogen-bond donors (Lipinski definition) is 11. The number of aromatic hydroxyl groups is 3. The van der Waals surface area contributed by atoms with E-state index in [0.717, 1.165) is 18.8 Å². The third-order valence-corrected chi connectivity index (χ3v) is 13.7. The Morgan fingerprint density at radius 2 is 1.68 bits per heavy atom. The first-order valence-electron chi connectivity index (χ1n) is 23.0. The number of phenolic OH excluding ortho intramolecular Hbond substituents is 3. The summed E-state index contributed by atoms with van der Waals surface area (Å²) in [5.41, 5.74) is 7.50. The van der Waals surface area contributed by atoms with E-state index in [-0.39, 0.29) is 45.4 Å². The largest absolute Gasteiger partial charge is 0.507 e. The number of methoxy groups -OCH3 is 1. The molecule has 2 aromatic heterocycles. The van der Waals surface area contributed by atoms with Gasteiger partial charge in [-0.15, -0.1) is 0 Å². The molecule has 24 heteroatoms. The summed E-state index contributed by atoms with van der Waals surface area (Å²) in [5, 5.41) is 96.6. The van der Waals surface area contributed by atoms with Gasteiger partial charge in [0.1, 0.15) is 48.0 Å². The van der Waals surface area contributed by atoms with E-state index in [9.17, 15) is 55.2 Å². The number of ketones is 1. The van der Waals surface area contributed by atoms with Gasteiger partial charge in [0.25, 0.3) is 11.7 Å². The smallest absolute Gasteiger partial charge is 0.312 e. The summed E-state index contributed by atoms with van der Waals surface area (Å²) in [7, 11) is 1.39. The standard InChI is InChI=1S/C48H60N8O16/c1-18-11-10-12-19(2)45(67)53-31-25(15-52-55-47-54-32-43(49)50-17-51-44(32)56(47)46-39(65)37(63)27(16-57)71-46)36(62)28-29(38(31)64)35(61)23(6)41-30(28)42(66)48(8,72-41)69-14-13-26(68-9)20(3)40(70-24(7)58)22(5)34(60)21(4)33(18)59/h10-15,17-18,20-22,26-27,33-34,37,39-40,46,57,59-65H,16H2,1-9H3,(H,53,67)(H,54,55)(H2,49,50,51)/b11-10+,14-13+,19-12+,52-15-. The molecule has 0 aliphatic carbocycles. The molecule has 0 spiro atoms. The minimum atomic E-state index is -2.18. The SMILES string of the molecule is COC1/C=C/OC2(C)Oc3c(C)c(O)c4c(O)c(c(/C=N\Nc5nc6c(N)ncnc6n5C5OC(CO)C(O)C5O)c(O)c4c3C2=O)NC(=O)/C(C)=C/C=C/C(C)C(O)C(C)C(O)C(C)C(OC(C)=O)C1C. The molecular formula is C48H60N8O16. The van der Waals surface area contributed by atoms with Gasteiger partial charge in [-0.05, 0) is 19.9 Å². The normalized spacial score (nSPS) is 32.1. The quantitative estimate of drug-likeness (QED) is 0.0416. The summed E-state index contributed by atoms with van der Waals surface area (Å²) < 4.78 is 30.6. The predicted molar refractivity (Wildman–Crippen MR) is 258 cm³/mol. The first-order chi connectivity index (χ1) is 34.0. The van der Waals surface area contributed by atoms with Crippen LogP contribution >= 0.6 is 0 Å². The third kappa shape index (κ3) is 9.37. The highest BCUT2D eigenvalue weighted by Gasteiger charge is 2.50. The second-order valence-corrected chi connectivity index (χ2v) is 18.5. The number of fused-ring (bicyclic) bond motifs is 15. The summed E-state index contributed by atoms with van der Waals surface area (Å²) in [4.78, 5) is 53.7. The summed E-state index contributed by atoms with van der Waals surface area (Å²) in [6.45, 7) is 11.4. The number of anilines is 3. The molecule has 1 saturated heterocycles. The number of aliphatic hydroxyl groups excluding tert-OH is 5. The first kappa shape index (κ1) is 52.9. The second-order valence-electron chi connectivity index (χ2n) is 18.5. The van der Waals surface area contributed by atoms with Gasteiger partial charge in [-0.2, -0.15) is 5.10 Å². The van der Waals surface area contributed by atoms with Crippen LogP contribution in [0.25, 0.3) is 21.9 Å². The highest BCUT2D eigenvalue weighted by molar-refractivity contribution is 6.24. The van der Waals surface area contributed by atoms with Gasteiger partial charge in [0, 0.05) is 61.2 Å². The van der Waals surface area contributed by atoms with Crippen molar-refractivity contribution < 1.29 is 78.9 Å². The van der Waals surface area contributed by atoms with Crippen molar-refractivity contribution in [1.82, 2.24) is 19.5 Å². The van der Waals surface area contributed by atoms with Gasteiger partial charge in [0.05, 0.1) is 59.6 Å². The first-order valence-corrected chi connectivity index (χ1v) is 23.0. The number of rotatable bonds is 7. The van der Waals surface area contributed by atoms with Gasteiger partial charge < -0.3 is 75.6 Å². The van der Waals surface area contributed by atoms with Gasteiger partial charge >= 0.3 is 11.8 Å². The molecule has 72 heavy (non-hydrogen) atoms. The number of nitrogens with one attached hydrogen (secondary N) is 2. The van der Waals surface area contributed by atoms with E-state index in [1.54, 1.807) is 33.8 Å². The molecule has 4 aromatic rings. The zero-order valence-electron chi connectivity index (χ0n) is 40.8. The van der Waals surface area contributed by atoms with Gasteiger partial charge in [0.15, 0.2) is 29.0 Å². The Labute approximate surface area is 412 Å². The topological polar surface area (TPSA) is 365 Å². The fraction of sp³-hybridized carbons (Fsp3) is 0.479. The number of nitrogens with two attached hydrogens (primary N) is 1. The molecule has 0 saturated carbocycles. The Balaban J connectivity index is 1.39. The molecule has 5 bridgehead atoms. The minimum Gasteiger partial charge on any atom is -0.507 e. The van der Waals surface area contributed by atoms with Crippen molar-refractivity contribution in [1.29, 1.82) is 0 Å². The van der Waals surface area contributed by atoms with Crippen LogP contribution in [-0.4, -0.2) is 146 Å². The zero-order valence-corrected chi connectivity index (χ0v) is 40.8. The number of Topliss-reactive ketones (excluding diaryl/α,β-unsaturated/α-hetero) is 1. The van der Waals surface area contributed by atoms with Crippen molar-refractivity contribution in [3.8, 4) is 23.0 Å². The highest BCUT2D eigenvalue weighted by atomic mass is 16.7. The van der Waals surface area contributed by atoms with E-state index in [1.807, 2.05) is 0 Å². The molecule has 4 aliphatic heterocycles. The van der Waals surface area contributed by atoms with Crippen LogP contribution in [0.5, 0.6) is 23.0 Å². The zero-order chi connectivity index (χ0) is 52.8. The number of ether oxygens (including phenoxy) is 5. The lowest BCUT2D eigenvalue weighted by molar-refractivity contribution is -0.160. The fourth-order valence-electron chi connectivity index (χ4n) is 9.37. The van der Waals surface area contributed by atoms with Crippen LogP contribution in [0.15, 0.2) is 47.6 Å². The predicted octanol–water partition coefficient (Wildman–Crippen LogP) is 2.53. The molecule has 6 heterocycles. The number of hydrogen-bond acceptors (Lipinski definition) is 22. The van der Waals surface area contributed by atoms with Gasteiger partial charge in [0.2, 0.25) is 5.95 Å². The minimum absolute atomic E-state index is 0.00991. The molecule has 0 radical (unpaired) electrons. The van der Waals surface area contributed by atoms with Crippen LogP contribution in [-0.2, 0) is 28.5 Å². The number of allylic oxidation sites excluding steroid dienone is 2. The molecular weight excluding hydrogens is 945 g/mol. The van der Waals surface area contributed by atoms with Crippen molar-refractivity contribution in [2.45, 2.75) is 110 Å². The summed E-state index contributed by atoms with van der Waals surface area (Å²) >= 11 is 0. The van der Waals surface area contributed by atoms with Crippen LogP contribution in [0, 0.1) is 30.6 Å². The maximum Gasteiger partial charge on any atom is 0.312 e. The molecule has 13 unspecified atom stereocenters. The highest BCUT2D eigenvalue weighted by Crippen LogP contribution is 2.55. The number of nitrogen functional groups attached to an aromatic ring is 1. The van der Waals surface area contributed by atoms with Crippen molar-refractivity contribution in [3.05, 3.63) is 59.2 Å². The fourth-order valence-corrected chi connectivity index (χ4v) is 9.37. The van der Waals surface area contributed by atoms with Gasteiger partial charge in [-0.3, -0.25) is 19.0 Å². The molecule has 388 valence electrons. The van der Waals surface area contributed by atoms with Crippen LogP contribution in [0.1, 0.15) is 76.2 Å². The molecule has 12 N–H and O–H groups in total. The summed E-state index contributed by atoms with van der Waals surface area (Å²) in [5.74, 6) is -10.1. The lowest BCUT2D eigenvalue weighted by Gasteiger charge is -2.38. The van der Waals surface area contributed by atoms with Crippen molar-refractivity contribution in [3.63, 3.8) is 0 Å². The number of hydrazone groups is 1. The number of esters is 1. The van der Waals surface area contributed by atoms with Gasteiger partial charge in [-0.1, -0.05) is 45.9 Å².